The number of pyridine rings is 1. The highest BCUT2D eigenvalue weighted by Crippen LogP contribution is 2.26. The van der Waals surface area contributed by atoms with E-state index in [1.807, 2.05) is 13.8 Å². The number of aromatic nitrogens is 2. The van der Waals surface area contributed by atoms with Crippen molar-refractivity contribution in [1.29, 1.82) is 0 Å². The maximum absolute atomic E-state index is 12.7. The molecule has 0 radical (unpaired) electrons. The Morgan fingerprint density at radius 2 is 2.09 bits per heavy atom. The third-order valence-corrected chi connectivity index (χ3v) is 3.79. The number of carbonyl (C=O) groups excluding carboxylic acids is 1. The third-order valence-electron chi connectivity index (χ3n) is 3.56. The van der Waals surface area contributed by atoms with Crippen LogP contribution >= 0.6 is 11.6 Å². The Morgan fingerprint density at radius 3 is 2.78 bits per heavy atom. The van der Waals surface area contributed by atoms with Crippen LogP contribution in [0.3, 0.4) is 0 Å². The molecular weight excluding hydrogens is 314 g/mol. The first-order chi connectivity index (χ1) is 11.0. The zero-order valence-corrected chi connectivity index (χ0v) is 13.8. The van der Waals surface area contributed by atoms with Crippen molar-refractivity contribution in [2.24, 2.45) is 0 Å². The Balaban J connectivity index is 2.06. The lowest BCUT2D eigenvalue weighted by atomic mass is 10.0. The lowest BCUT2D eigenvalue weighted by Crippen LogP contribution is -2.13. The number of aryl methyl sites for hydroxylation is 1. The van der Waals surface area contributed by atoms with Gasteiger partial charge in [0.25, 0.3) is 11.6 Å². The molecule has 23 heavy (non-hydrogen) atoms. The molecule has 3 rings (SSSR count). The highest BCUT2D eigenvalue weighted by Gasteiger charge is 2.19. The second-order valence-corrected chi connectivity index (χ2v) is 6.10. The summed E-state index contributed by atoms with van der Waals surface area (Å²) < 4.78 is 5.24. The van der Waals surface area contributed by atoms with Crippen LogP contribution in [-0.2, 0) is 0 Å². The maximum atomic E-state index is 12.7. The number of nitrogens with one attached hydrogen (secondary N) is 1. The van der Waals surface area contributed by atoms with Crippen molar-refractivity contribution in [3.8, 4) is 0 Å². The van der Waals surface area contributed by atoms with E-state index < -0.39 is 0 Å². The van der Waals surface area contributed by atoms with Gasteiger partial charge in [-0.2, -0.15) is 0 Å². The number of halogens is 1. The summed E-state index contributed by atoms with van der Waals surface area (Å²) in [5.41, 5.74) is 2.93. The van der Waals surface area contributed by atoms with Gasteiger partial charge in [-0.15, -0.1) is 0 Å². The number of hydrogen-bond acceptors (Lipinski definition) is 4. The summed E-state index contributed by atoms with van der Waals surface area (Å²) in [5, 5.41) is 7.97. The van der Waals surface area contributed by atoms with Crippen molar-refractivity contribution in [2.45, 2.75) is 26.7 Å². The Bertz CT molecular complexity index is 887. The topological polar surface area (TPSA) is 68.0 Å². The Hall–Kier alpha value is -2.40. The van der Waals surface area contributed by atoms with E-state index in [0.717, 1.165) is 5.69 Å². The van der Waals surface area contributed by atoms with Gasteiger partial charge in [-0.25, -0.2) is 4.98 Å². The molecule has 0 fully saturated rings. The van der Waals surface area contributed by atoms with Gasteiger partial charge < -0.3 is 9.84 Å². The van der Waals surface area contributed by atoms with Gasteiger partial charge in [0.2, 0.25) is 0 Å². The number of benzene rings is 1. The molecule has 0 unspecified atom stereocenters. The van der Waals surface area contributed by atoms with E-state index in [0.29, 0.717) is 33.1 Å². The van der Waals surface area contributed by atoms with Crippen LogP contribution in [-0.4, -0.2) is 16.0 Å². The lowest BCUT2D eigenvalue weighted by molar-refractivity contribution is 0.102. The summed E-state index contributed by atoms with van der Waals surface area (Å²) >= 11 is 5.96. The molecule has 0 saturated heterocycles. The first kappa shape index (κ1) is 15.5. The van der Waals surface area contributed by atoms with Crippen molar-refractivity contribution < 1.29 is 9.32 Å². The first-order valence-corrected chi connectivity index (χ1v) is 7.67. The molecule has 0 spiro atoms. The van der Waals surface area contributed by atoms with Crippen molar-refractivity contribution in [1.82, 2.24) is 10.1 Å². The summed E-state index contributed by atoms with van der Waals surface area (Å²) in [4.78, 5) is 17.1. The monoisotopic (exact) mass is 329 g/mol. The average molecular weight is 330 g/mol. The fourth-order valence-electron chi connectivity index (χ4n) is 2.35. The molecule has 0 bridgehead atoms. The average Bonchev–Trinajstić information content (AvgIpc) is 2.88. The SMILES string of the molecule is Cc1noc2nc(C(C)C)cc(C(=O)Nc3cccc(Cl)c3)c12. The van der Waals surface area contributed by atoms with E-state index in [2.05, 4.69) is 15.5 Å². The molecule has 0 aliphatic rings. The fraction of sp³-hybridized carbons (Fsp3) is 0.235. The number of hydrogen-bond donors (Lipinski definition) is 1. The molecule has 118 valence electrons. The molecule has 6 heteroatoms. The molecule has 0 atom stereocenters. The highest BCUT2D eigenvalue weighted by molar-refractivity contribution is 6.31. The summed E-state index contributed by atoms with van der Waals surface area (Å²) in [6, 6.07) is 8.80. The van der Waals surface area contributed by atoms with E-state index in [9.17, 15) is 4.79 Å². The molecule has 0 aliphatic carbocycles. The molecule has 5 nitrogen and oxygen atoms in total. The molecule has 2 heterocycles. The van der Waals surface area contributed by atoms with Crippen molar-refractivity contribution in [3.63, 3.8) is 0 Å². The van der Waals surface area contributed by atoms with Crippen LogP contribution in [0.1, 0.15) is 41.5 Å². The Labute approximate surface area is 138 Å². The van der Waals surface area contributed by atoms with Crippen molar-refractivity contribution in [2.75, 3.05) is 5.32 Å². The van der Waals surface area contributed by atoms with Gasteiger partial charge in [-0.1, -0.05) is 36.7 Å². The minimum Gasteiger partial charge on any atom is -0.336 e. The van der Waals surface area contributed by atoms with Gasteiger partial charge in [-0.05, 0) is 37.1 Å². The van der Waals surface area contributed by atoms with Gasteiger partial charge in [0.15, 0.2) is 0 Å². The smallest absolute Gasteiger partial charge is 0.259 e. The van der Waals surface area contributed by atoms with Crippen LogP contribution in [0.15, 0.2) is 34.9 Å². The van der Waals surface area contributed by atoms with E-state index in [1.165, 1.54) is 0 Å². The molecular formula is C17H16ClN3O2. The molecule has 2 aromatic heterocycles. The number of fused-ring (bicyclic) bond motifs is 1. The van der Waals surface area contributed by atoms with Crippen LogP contribution in [0.25, 0.3) is 11.1 Å². The second-order valence-electron chi connectivity index (χ2n) is 5.66. The van der Waals surface area contributed by atoms with Crippen LogP contribution < -0.4 is 5.32 Å². The molecule has 1 amide bonds. The van der Waals surface area contributed by atoms with Gasteiger partial charge in [-0.3, -0.25) is 4.79 Å². The van der Waals surface area contributed by atoms with Gasteiger partial charge in [0, 0.05) is 16.4 Å². The van der Waals surface area contributed by atoms with Crippen LogP contribution in [0, 0.1) is 6.92 Å². The predicted octanol–water partition coefficient (Wildman–Crippen LogP) is 4.56. The molecule has 3 aromatic rings. The highest BCUT2D eigenvalue weighted by atomic mass is 35.5. The number of rotatable bonds is 3. The maximum Gasteiger partial charge on any atom is 0.259 e. The van der Waals surface area contributed by atoms with E-state index in [1.54, 1.807) is 37.3 Å². The largest absolute Gasteiger partial charge is 0.336 e. The summed E-state index contributed by atoms with van der Waals surface area (Å²) in [6.45, 7) is 5.81. The fourth-order valence-corrected chi connectivity index (χ4v) is 2.54. The molecule has 1 N–H and O–H groups in total. The normalized spacial score (nSPS) is 11.2. The zero-order chi connectivity index (χ0) is 16.6. The van der Waals surface area contributed by atoms with Crippen molar-refractivity contribution >= 4 is 34.3 Å². The standard InChI is InChI=1S/C17H16ClN3O2/c1-9(2)14-8-13(15-10(3)21-23-17(15)20-14)16(22)19-12-6-4-5-11(18)7-12/h4-9H,1-3H3,(H,19,22). The summed E-state index contributed by atoms with van der Waals surface area (Å²) in [5.74, 6) is -0.0737. The molecule has 1 aromatic carbocycles. The van der Waals surface area contributed by atoms with E-state index in [4.69, 9.17) is 16.1 Å². The Kier molecular flexibility index (Phi) is 4.05. The van der Waals surface area contributed by atoms with Crippen LogP contribution in [0.2, 0.25) is 5.02 Å². The van der Waals surface area contributed by atoms with Gasteiger partial charge in [0.05, 0.1) is 16.6 Å². The number of carbonyl (C=O) groups is 1. The van der Waals surface area contributed by atoms with Gasteiger partial charge >= 0.3 is 0 Å². The third kappa shape index (κ3) is 3.05. The molecule has 0 aliphatic heterocycles. The number of nitrogens with zero attached hydrogens (tertiary/aromatic N) is 2. The minimum atomic E-state index is -0.243. The van der Waals surface area contributed by atoms with Crippen LogP contribution in [0.4, 0.5) is 5.69 Å². The predicted molar refractivity (Wildman–Crippen MR) is 90.0 cm³/mol. The minimum absolute atomic E-state index is 0.169. The number of anilines is 1. The van der Waals surface area contributed by atoms with Crippen LogP contribution in [0.5, 0.6) is 0 Å². The lowest BCUT2D eigenvalue weighted by Gasteiger charge is -2.10. The zero-order valence-electron chi connectivity index (χ0n) is 13.1. The van der Waals surface area contributed by atoms with E-state index in [-0.39, 0.29) is 11.8 Å². The second kappa shape index (κ2) is 6.01. The van der Waals surface area contributed by atoms with Crippen molar-refractivity contribution in [3.05, 3.63) is 52.3 Å². The number of amides is 1. The summed E-state index contributed by atoms with van der Waals surface area (Å²) in [7, 11) is 0. The molecule has 0 saturated carbocycles. The summed E-state index contributed by atoms with van der Waals surface area (Å²) in [6.07, 6.45) is 0. The quantitative estimate of drug-likeness (QED) is 0.764. The van der Waals surface area contributed by atoms with Gasteiger partial charge in [0.1, 0.15) is 0 Å². The first-order valence-electron chi connectivity index (χ1n) is 7.29. The van der Waals surface area contributed by atoms with E-state index >= 15 is 0 Å². The Morgan fingerprint density at radius 1 is 1.30 bits per heavy atom.